The third kappa shape index (κ3) is 2.19. The molecular formula is C10H14Al2O. The molecule has 1 atom stereocenters. The molecule has 0 amide bonds. The van der Waals surface area contributed by atoms with Gasteiger partial charge in [-0.3, -0.25) is 0 Å². The number of hydrogen-bond donors (Lipinski definition) is 0. The predicted molar refractivity (Wildman–Crippen MR) is 58.9 cm³/mol. The van der Waals surface area contributed by atoms with Gasteiger partial charge in [-0.05, 0) is 23.2 Å². The highest BCUT2D eigenvalue weighted by Gasteiger charge is 2.20. The van der Waals surface area contributed by atoms with Crippen LogP contribution in [0.1, 0.15) is 28.7 Å². The van der Waals surface area contributed by atoms with Crippen LogP contribution in [0.25, 0.3) is 0 Å². The van der Waals surface area contributed by atoms with Gasteiger partial charge in [0.25, 0.3) is 0 Å². The van der Waals surface area contributed by atoms with Gasteiger partial charge in [0.1, 0.15) is 0 Å². The fourth-order valence-corrected chi connectivity index (χ4v) is 4.87. The molecule has 0 N–H and O–H groups in total. The Balaban J connectivity index is 2.26. The quantitative estimate of drug-likeness (QED) is 0.652. The Hall–Kier alpha value is 0.245. The van der Waals surface area contributed by atoms with Crippen LogP contribution in [0.3, 0.4) is 0 Å². The lowest BCUT2D eigenvalue weighted by Gasteiger charge is -2.24. The summed E-state index contributed by atoms with van der Waals surface area (Å²) in [5.41, 5.74) is 3.17. The van der Waals surface area contributed by atoms with Crippen molar-refractivity contribution in [2.45, 2.75) is 24.0 Å². The van der Waals surface area contributed by atoms with Crippen molar-refractivity contribution in [3.8, 4) is 0 Å². The van der Waals surface area contributed by atoms with Crippen molar-refractivity contribution >= 4 is 32.2 Å². The Bertz CT molecular complexity index is 288. The molecule has 0 spiro atoms. The van der Waals surface area contributed by atoms with Crippen molar-refractivity contribution in [2.75, 3.05) is 0 Å². The Morgan fingerprint density at radius 1 is 1.38 bits per heavy atom. The standard InChI is InChI=1S/C10H11.2Al.O.3H/c1-2-6-10-8-4-3-7-9(10)5-1;;;;;;/h1-2,5-7H,3-4,8H2;;;;;;. The number of fused-ring (bicyclic) bond motifs is 1. The highest BCUT2D eigenvalue weighted by atomic mass is 27.2. The fourth-order valence-electron chi connectivity index (χ4n) is 2.23. The lowest BCUT2D eigenvalue weighted by molar-refractivity contribution is 0.588. The molecule has 1 nitrogen and oxygen atoms in total. The molecular weight excluding hydrogens is 190 g/mol. The van der Waals surface area contributed by atoms with Crippen LogP contribution >= 0.6 is 0 Å². The first-order chi connectivity index (χ1) is 6.42. The maximum atomic E-state index is 5.52. The molecule has 13 heavy (non-hydrogen) atoms. The molecule has 1 aliphatic rings. The minimum atomic E-state index is -0.271. The minimum Gasteiger partial charge on any atom is -0.644 e. The number of rotatable bonds is 2. The van der Waals surface area contributed by atoms with E-state index in [1.165, 1.54) is 19.3 Å². The second-order valence-corrected chi connectivity index (χ2v) is 7.37. The van der Waals surface area contributed by atoms with Gasteiger partial charge in [-0.1, -0.05) is 36.2 Å². The van der Waals surface area contributed by atoms with Gasteiger partial charge in [0, 0.05) is 0 Å². The van der Waals surface area contributed by atoms with E-state index in [0.29, 0.717) is 0 Å². The van der Waals surface area contributed by atoms with Crippen LogP contribution in [0.5, 0.6) is 0 Å². The Kier molecular flexibility index (Phi) is 3.50. The van der Waals surface area contributed by atoms with E-state index < -0.39 is 0 Å². The summed E-state index contributed by atoms with van der Waals surface area (Å²) >= 11 is 0.655. The zero-order chi connectivity index (χ0) is 9.10. The van der Waals surface area contributed by atoms with Crippen molar-refractivity contribution in [2.24, 2.45) is 0 Å². The molecule has 0 saturated carbocycles. The van der Waals surface area contributed by atoms with E-state index >= 15 is 0 Å². The molecule has 0 radical (unpaired) electrons. The summed E-state index contributed by atoms with van der Waals surface area (Å²) < 4.78 is 6.32. The average Bonchev–Trinajstić information content (AvgIpc) is 2.19. The van der Waals surface area contributed by atoms with E-state index in [9.17, 15) is 0 Å². The molecule has 0 heterocycles. The maximum absolute atomic E-state index is 5.52. The lowest BCUT2D eigenvalue weighted by Crippen LogP contribution is -2.17. The van der Waals surface area contributed by atoms with Gasteiger partial charge >= 0.3 is 32.2 Å². The molecule has 3 heteroatoms. The second kappa shape index (κ2) is 4.65. The van der Waals surface area contributed by atoms with Gasteiger partial charge in [-0.25, -0.2) is 0 Å². The molecule has 2 rings (SSSR count). The summed E-state index contributed by atoms with van der Waals surface area (Å²) in [5.74, 6) is 0. The number of aryl methyl sites for hydroxylation is 1. The van der Waals surface area contributed by atoms with Crippen molar-refractivity contribution < 1.29 is 2.84 Å². The minimum absolute atomic E-state index is 0.271. The summed E-state index contributed by atoms with van der Waals surface area (Å²) in [6.45, 7) is 0. The zero-order valence-electron chi connectivity index (χ0n) is 8.12. The van der Waals surface area contributed by atoms with Crippen LogP contribution in [0, 0.1) is 0 Å². The Labute approximate surface area is 94.3 Å². The van der Waals surface area contributed by atoms with Crippen molar-refractivity contribution in [3.63, 3.8) is 0 Å². The van der Waals surface area contributed by atoms with E-state index in [2.05, 4.69) is 24.3 Å². The molecule has 0 aliphatic heterocycles. The summed E-state index contributed by atoms with van der Waals surface area (Å²) in [6.07, 6.45) is 4.01. The van der Waals surface area contributed by atoms with Crippen LogP contribution in [0.2, 0.25) is 0 Å². The van der Waals surface area contributed by atoms with E-state index in [4.69, 9.17) is 2.84 Å². The van der Waals surface area contributed by atoms with Crippen molar-refractivity contribution in [1.82, 2.24) is 0 Å². The van der Waals surface area contributed by atoms with Crippen LogP contribution in [-0.2, 0) is 9.26 Å². The third-order valence-electron chi connectivity index (χ3n) is 2.86. The Morgan fingerprint density at radius 3 is 3.08 bits per heavy atom. The summed E-state index contributed by atoms with van der Waals surface area (Å²) in [7, 11) is 0. The van der Waals surface area contributed by atoms with Crippen LogP contribution < -0.4 is 0 Å². The normalized spacial score (nSPS) is 20.8. The molecule has 1 aliphatic carbocycles. The zero-order valence-corrected chi connectivity index (χ0v) is 11.5. The van der Waals surface area contributed by atoms with Crippen LogP contribution in [0.4, 0.5) is 0 Å². The van der Waals surface area contributed by atoms with Crippen LogP contribution in [-0.4, -0.2) is 32.2 Å². The third-order valence-corrected chi connectivity index (χ3v) is 5.45. The highest BCUT2D eigenvalue weighted by molar-refractivity contribution is 6.36. The van der Waals surface area contributed by atoms with Gasteiger partial charge in [0.2, 0.25) is 0 Å². The van der Waals surface area contributed by atoms with Crippen molar-refractivity contribution in [1.29, 1.82) is 0 Å². The first-order valence-electron chi connectivity index (χ1n) is 4.98. The van der Waals surface area contributed by atoms with E-state index in [1.807, 2.05) is 0 Å². The number of benzene rings is 1. The second-order valence-electron chi connectivity index (χ2n) is 3.74. The smallest absolute Gasteiger partial charge is 0.412 e. The van der Waals surface area contributed by atoms with Gasteiger partial charge in [-0.2, -0.15) is 0 Å². The van der Waals surface area contributed by atoms with Gasteiger partial charge in [-0.15, -0.1) is 0 Å². The molecule has 66 valence electrons. The van der Waals surface area contributed by atoms with Crippen LogP contribution in [0.15, 0.2) is 24.3 Å². The van der Waals surface area contributed by atoms with E-state index in [0.717, 1.165) is 21.4 Å². The largest absolute Gasteiger partial charge is 0.644 e. The molecule has 0 fully saturated rings. The monoisotopic (exact) mass is 204 g/mol. The maximum Gasteiger partial charge on any atom is 0.412 e. The first kappa shape index (κ1) is 9.79. The molecule has 1 aromatic carbocycles. The summed E-state index contributed by atoms with van der Waals surface area (Å²) in [4.78, 5) is 0. The van der Waals surface area contributed by atoms with Crippen molar-refractivity contribution in [3.05, 3.63) is 35.4 Å². The SMILES string of the molecule is [AlH2][O][AlH][CH]1CCCc2ccccc21. The molecule has 0 saturated heterocycles. The first-order valence-corrected chi connectivity index (χ1v) is 7.19. The van der Waals surface area contributed by atoms with Gasteiger partial charge in [0.15, 0.2) is 0 Å². The molecule has 0 aromatic heterocycles. The number of hydrogen-bond acceptors (Lipinski definition) is 1. The Morgan fingerprint density at radius 2 is 2.23 bits per heavy atom. The fraction of sp³-hybridized carbons (Fsp3) is 0.400. The summed E-state index contributed by atoms with van der Waals surface area (Å²) in [6, 6.07) is 8.90. The highest BCUT2D eigenvalue weighted by Crippen LogP contribution is 2.30. The lowest BCUT2D eigenvalue weighted by atomic mass is 9.91. The molecule has 1 unspecified atom stereocenters. The average molecular weight is 204 g/mol. The summed E-state index contributed by atoms with van der Waals surface area (Å²) in [5, 5.41) is 0. The molecule has 1 aromatic rings. The van der Waals surface area contributed by atoms with Gasteiger partial charge < -0.3 is 2.84 Å². The molecule has 0 bridgehead atoms. The van der Waals surface area contributed by atoms with E-state index in [-0.39, 0.29) is 15.6 Å². The van der Waals surface area contributed by atoms with E-state index in [1.54, 1.807) is 11.1 Å². The predicted octanol–water partition coefficient (Wildman–Crippen LogP) is 0.980. The van der Waals surface area contributed by atoms with Gasteiger partial charge in [0.05, 0.1) is 0 Å². The topological polar surface area (TPSA) is 9.23 Å².